The minimum atomic E-state index is -1.11. The Bertz CT molecular complexity index is 385. The van der Waals surface area contributed by atoms with E-state index in [2.05, 4.69) is 0 Å². The van der Waals surface area contributed by atoms with Gasteiger partial charge in [-0.2, -0.15) is 0 Å². The first kappa shape index (κ1) is 13.9. The monoisotopic (exact) mass is 230 g/mol. The van der Waals surface area contributed by atoms with Gasteiger partial charge in [0.15, 0.2) is 0 Å². The molecule has 0 aromatic heterocycles. The van der Waals surface area contributed by atoms with Crippen molar-refractivity contribution in [2.45, 2.75) is 24.2 Å². The van der Waals surface area contributed by atoms with Crippen molar-refractivity contribution in [3.05, 3.63) is 35.9 Å². The van der Waals surface area contributed by atoms with Crippen LogP contribution in [0.1, 0.15) is 12.5 Å². The molecule has 0 saturated heterocycles. The molecule has 1 rings (SSSR count). The second-order valence-electron chi connectivity index (χ2n) is 5.25. The van der Waals surface area contributed by atoms with Crippen LogP contribution in [-0.4, -0.2) is 40.1 Å². The molecule has 0 saturated carbocycles. The van der Waals surface area contributed by atoms with Crippen molar-refractivity contribution in [2.24, 2.45) is 0 Å². The smallest absolute Gasteiger partial charge is 0.298 e. The summed E-state index contributed by atoms with van der Waals surface area (Å²) in [6.07, 6.45) is 0. The van der Waals surface area contributed by atoms with Gasteiger partial charge >= 0.3 is 0 Å². The average Bonchev–Trinajstić information content (AvgIpc) is 2.25. The lowest BCUT2D eigenvalue weighted by molar-refractivity contribution is -0.149. The molecule has 3 nitrogen and oxygen atoms in total. The molecule has 0 heterocycles. The molecule has 0 aliphatic heterocycles. The Hall–Kier alpha value is -1.16. The second kappa shape index (κ2) is 5.00. The van der Waals surface area contributed by atoms with Crippen LogP contribution in [0, 0.1) is 0 Å². The standard InChI is InChI=1S/C11H17B3O3/c1-10(12,16)11(13,14)9(15)17-7-8-5-3-2-4-6-8/h2-6,16H,7,12-14H2,1H3/t10-/m1/s1. The Morgan fingerprint density at radius 1 is 1.29 bits per heavy atom. The maximum Gasteiger partial charge on any atom is 0.298 e. The molecule has 0 unspecified atom stereocenters. The summed E-state index contributed by atoms with van der Waals surface area (Å²) >= 11 is 0. The number of benzene rings is 1. The van der Waals surface area contributed by atoms with E-state index in [-0.39, 0.29) is 6.61 Å². The van der Waals surface area contributed by atoms with E-state index in [4.69, 9.17) is 4.74 Å². The third kappa shape index (κ3) is 3.40. The number of carbonyl (C=O) groups is 1. The summed E-state index contributed by atoms with van der Waals surface area (Å²) in [6, 6.07) is 9.48. The van der Waals surface area contributed by atoms with Crippen LogP contribution in [0.2, 0.25) is 5.21 Å². The zero-order valence-electron chi connectivity index (χ0n) is 10.9. The van der Waals surface area contributed by atoms with E-state index in [1.165, 1.54) is 0 Å². The molecule has 0 bridgehead atoms. The number of hydrogen-bond donors (Lipinski definition) is 1. The average molecular weight is 230 g/mol. The van der Waals surface area contributed by atoms with Gasteiger partial charge in [0.25, 0.3) is 5.97 Å². The first-order valence-corrected chi connectivity index (χ1v) is 5.68. The zero-order chi connectivity index (χ0) is 13.1. The minimum Gasteiger partial charge on any atom is -0.461 e. The number of aliphatic hydroxyl groups is 1. The molecule has 1 aromatic carbocycles. The van der Waals surface area contributed by atoms with E-state index >= 15 is 0 Å². The van der Waals surface area contributed by atoms with Crippen LogP contribution in [0.5, 0.6) is 0 Å². The third-order valence-corrected chi connectivity index (χ3v) is 3.25. The van der Waals surface area contributed by atoms with Crippen molar-refractivity contribution in [1.82, 2.24) is 0 Å². The fourth-order valence-corrected chi connectivity index (χ4v) is 1.15. The van der Waals surface area contributed by atoms with Crippen LogP contribution in [-0.2, 0) is 16.1 Å². The van der Waals surface area contributed by atoms with E-state index in [1.54, 1.807) is 30.5 Å². The predicted octanol–water partition coefficient (Wildman–Crippen LogP) is -1.55. The maximum atomic E-state index is 11.9. The molecule has 0 spiro atoms. The number of ether oxygens (including phenoxy) is 1. The van der Waals surface area contributed by atoms with Crippen LogP contribution < -0.4 is 0 Å². The molecule has 0 aliphatic carbocycles. The summed E-state index contributed by atoms with van der Waals surface area (Å²) in [5, 5.41) is 8.98. The highest BCUT2D eigenvalue weighted by Crippen LogP contribution is 2.30. The van der Waals surface area contributed by atoms with Gasteiger partial charge in [-0.3, -0.25) is 4.79 Å². The first-order valence-electron chi connectivity index (χ1n) is 5.68. The van der Waals surface area contributed by atoms with Crippen LogP contribution in [0.3, 0.4) is 0 Å². The highest BCUT2D eigenvalue weighted by Gasteiger charge is 2.42. The van der Waals surface area contributed by atoms with Gasteiger partial charge in [0, 0.05) is 10.7 Å². The molecule has 1 N–H and O–H groups in total. The summed E-state index contributed by atoms with van der Waals surface area (Å²) < 4.78 is 5.22. The van der Waals surface area contributed by atoms with Crippen molar-refractivity contribution in [3.8, 4) is 0 Å². The molecule has 0 fully saturated rings. The number of hydrogen-bond acceptors (Lipinski definition) is 3. The minimum absolute atomic E-state index is 0.235. The summed E-state index contributed by atoms with van der Waals surface area (Å²) in [7, 11) is 4.97. The van der Waals surface area contributed by atoms with Crippen molar-refractivity contribution < 1.29 is 14.6 Å². The Balaban J connectivity index is 2.62. The largest absolute Gasteiger partial charge is 0.461 e. The number of carbonyl (C=O) groups excluding carboxylic acids is 1. The number of rotatable bonds is 4. The van der Waals surface area contributed by atoms with Crippen molar-refractivity contribution in [1.29, 1.82) is 0 Å². The Labute approximate surface area is 105 Å². The van der Waals surface area contributed by atoms with E-state index in [0.717, 1.165) is 5.56 Å². The van der Waals surface area contributed by atoms with Gasteiger partial charge < -0.3 is 9.84 Å². The van der Waals surface area contributed by atoms with Crippen molar-refractivity contribution >= 4 is 29.5 Å². The Morgan fingerprint density at radius 3 is 2.29 bits per heavy atom. The molecular weight excluding hydrogens is 213 g/mol. The highest BCUT2D eigenvalue weighted by atomic mass is 16.5. The maximum absolute atomic E-state index is 11.9. The molecule has 0 amide bonds. The Morgan fingerprint density at radius 2 is 1.82 bits per heavy atom. The Kier molecular flexibility index (Phi) is 4.09. The summed E-state index contributed by atoms with van der Waals surface area (Å²) in [5.41, 5.74) is -0.173. The molecule has 17 heavy (non-hydrogen) atoms. The lowest BCUT2D eigenvalue weighted by Crippen LogP contribution is -2.47. The van der Waals surface area contributed by atoms with Crippen molar-refractivity contribution in [3.63, 3.8) is 0 Å². The van der Waals surface area contributed by atoms with Gasteiger partial charge in [0.2, 0.25) is 0 Å². The molecule has 1 atom stereocenters. The molecule has 0 aliphatic rings. The lowest BCUT2D eigenvalue weighted by Gasteiger charge is -2.35. The number of esters is 1. The van der Waals surface area contributed by atoms with Gasteiger partial charge in [-0.1, -0.05) is 30.3 Å². The van der Waals surface area contributed by atoms with Crippen LogP contribution >= 0.6 is 0 Å². The second-order valence-corrected chi connectivity index (χ2v) is 5.25. The molecule has 88 valence electrons. The van der Waals surface area contributed by atoms with E-state index in [1.807, 2.05) is 30.3 Å². The van der Waals surface area contributed by atoms with E-state index in [0.29, 0.717) is 0 Å². The topological polar surface area (TPSA) is 46.5 Å². The molecule has 1 aromatic rings. The van der Waals surface area contributed by atoms with Crippen molar-refractivity contribution in [2.75, 3.05) is 0 Å². The van der Waals surface area contributed by atoms with Gasteiger partial charge in [0.05, 0.1) is 0 Å². The van der Waals surface area contributed by atoms with Crippen LogP contribution in [0.25, 0.3) is 0 Å². The van der Waals surface area contributed by atoms with Crippen LogP contribution in [0.15, 0.2) is 30.3 Å². The van der Waals surface area contributed by atoms with E-state index < -0.39 is 16.7 Å². The van der Waals surface area contributed by atoms with Crippen LogP contribution in [0.4, 0.5) is 0 Å². The quantitative estimate of drug-likeness (QED) is 0.503. The third-order valence-electron chi connectivity index (χ3n) is 3.25. The van der Waals surface area contributed by atoms with Gasteiger partial charge in [-0.05, 0) is 12.5 Å². The normalized spacial score (nSPS) is 14.9. The summed E-state index contributed by atoms with van der Waals surface area (Å²) in [4.78, 5) is 11.9. The lowest BCUT2D eigenvalue weighted by atomic mass is 9.41. The SMILES string of the molecule is BC(B)(C(=O)OCc1ccccc1)[C@@](B)(C)O. The van der Waals surface area contributed by atoms with Gasteiger partial charge in [-0.25, -0.2) is 0 Å². The fourth-order valence-electron chi connectivity index (χ4n) is 1.15. The van der Waals surface area contributed by atoms with E-state index in [9.17, 15) is 9.90 Å². The first-order chi connectivity index (χ1) is 7.75. The zero-order valence-corrected chi connectivity index (χ0v) is 10.9. The molecule has 0 radical (unpaired) electrons. The summed E-state index contributed by atoms with van der Waals surface area (Å²) in [6.45, 7) is 1.84. The summed E-state index contributed by atoms with van der Waals surface area (Å²) in [5.74, 6) is -0.395. The molecule has 6 heteroatoms. The highest BCUT2D eigenvalue weighted by molar-refractivity contribution is 6.54. The van der Waals surface area contributed by atoms with Gasteiger partial charge in [0.1, 0.15) is 30.1 Å². The predicted molar refractivity (Wildman–Crippen MR) is 75.2 cm³/mol. The fraction of sp³-hybridized carbons (Fsp3) is 0.364. The van der Waals surface area contributed by atoms with Gasteiger partial charge in [-0.15, -0.1) is 0 Å². The molecular formula is C11H17B3O3.